The topological polar surface area (TPSA) is 46.2 Å². The van der Waals surface area contributed by atoms with Gasteiger partial charge in [0.2, 0.25) is 5.78 Å². The molecule has 1 aliphatic heterocycles. The number of amides is 1. The number of hydrogen-bond donors (Lipinski definition) is 1. The molecule has 1 atom stereocenters. The molecular formula is C23H17F2NO2. The quantitative estimate of drug-likeness (QED) is 0.681. The molecule has 0 aliphatic carbocycles. The Bertz CT molecular complexity index is 1060. The Labute approximate surface area is 161 Å². The maximum Gasteiger partial charge on any atom is 0.340 e. The summed E-state index contributed by atoms with van der Waals surface area (Å²) in [4.78, 5) is 25.5. The number of nitrogens with one attached hydrogen (secondary N) is 1. The Balaban J connectivity index is 1.99. The van der Waals surface area contributed by atoms with Gasteiger partial charge in [0.05, 0.1) is 0 Å². The molecular weight excluding hydrogens is 360 g/mol. The summed E-state index contributed by atoms with van der Waals surface area (Å²) >= 11 is 0. The van der Waals surface area contributed by atoms with Gasteiger partial charge in [-0.2, -0.15) is 8.78 Å². The van der Waals surface area contributed by atoms with Gasteiger partial charge in [0.25, 0.3) is 5.91 Å². The first-order chi connectivity index (χ1) is 13.4. The first-order valence-electron chi connectivity index (χ1n) is 8.85. The van der Waals surface area contributed by atoms with Crippen LogP contribution in [-0.4, -0.2) is 17.6 Å². The van der Waals surface area contributed by atoms with E-state index in [0.717, 1.165) is 5.56 Å². The Hall–Kier alpha value is -3.34. The van der Waals surface area contributed by atoms with E-state index in [1.165, 1.54) is 48.5 Å². The molecule has 0 spiro atoms. The van der Waals surface area contributed by atoms with Crippen molar-refractivity contribution in [2.45, 2.75) is 18.4 Å². The van der Waals surface area contributed by atoms with Gasteiger partial charge in [0.1, 0.15) is 0 Å². The third kappa shape index (κ3) is 2.47. The number of aryl methyl sites for hydroxylation is 1. The van der Waals surface area contributed by atoms with Gasteiger partial charge in [-0.05, 0) is 18.6 Å². The fourth-order valence-electron chi connectivity index (χ4n) is 3.71. The minimum absolute atomic E-state index is 0.0955. The van der Waals surface area contributed by atoms with Crippen molar-refractivity contribution in [3.05, 3.63) is 107 Å². The fraction of sp³-hybridized carbons (Fsp3) is 0.130. The molecule has 0 saturated heterocycles. The second-order valence-electron chi connectivity index (χ2n) is 6.89. The molecule has 140 valence electrons. The molecule has 1 heterocycles. The van der Waals surface area contributed by atoms with E-state index in [1.807, 2.05) is 6.92 Å². The maximum atomic E-state index is 15.9. The first-order valence-corrected chi connectivity index (χ1v) is 8.85. The fourth-order valence-corrected chi connectivity index (χ4v) is 3.71. The van der Waals surface area contributed by atoms with Crippen molar-refractivity contribution in [1.82, 2.24) is 5.32 Å². The molecule has 0 fully saturated rings. The average molecular weight is 377 g/mol. The van der Waals surface area contributed by atoms with Gasteiger partial charge in [0, 0.05) is 16.7 Å². The number of benzene rings is 3. The zero-order chi connectivity index (χ0) is 19.9. The molecule has 1 amide bonds. The Kier molecular flexibility index (Phi) is 4.11. The monoisotopic (exact) mass is 377 g/mol. The van der Waals surface area contributed by atoms with Gasteiger partial charge in [-0.3, -0.25) is 9.59 Å². The minimum Gasteiger partial charge on any atom is -0.333 e. The van der Waals surface area contributed by atoms with Crippen LogP contribution in [0, 0.1) is 6.92 Å². The zero-order valence-corrected chi connectivity index (χ0v) is 15.1. The van der Waals surface area contributed by atoms with E-state index >= 15 is 8.78 Å². The van der Waals surface area contributed by atoms with Crippen LogP contribution in [0.5, 0.6) is 0 Å². The first kappa shape index (κ1) is 18.0. The van der Waals surface area contributed by atoms with Gasteiger partial charge in [0.15, 0.2) is 5.54 Å². The van der Waals surface area contributed by atoms with Crippen LogP contribution in [0.1, 0.15) is 37.4 Å². The number of halogens is 2. The van der Waals surface area contributed by atoms with Crippen LogP contribution in [0.15, 0.2) is 78.9 Å². The zero-order valence-electron chi connectivity index (χ0n) is 15.1. The van der Waals surface area contributed by atoms with E-state index in [-0.39, 0.29) is 22.3 Å². The molecule has 1 aliphatic rings. The van der Waals surface area contributed by atoms with E-state index in [0.29, 0.717) is 0 Å². The summed E-state index contributed by atoms with van der Waals surface area (Å²) in [6.07, 6.45) is 0. The van der Waals surface area contributed by atoms with Crippen LogP contribution in [0.3, 0.4) is 0 Å². The minimum atomic E-state index is -3.91. The summed E-state index contributed by atoms with van der Waals surface area (Å²) in [7, 11) is 0. The van der Waals surface area contributed by atoms with Gasteiger partial charge in [-0.15, -0.1) is 0 Å². The summed E-state index contributed by atoms with van der Waals surface area (Å²) in [6, 6.07) is 20.0. The van der Waals surface area contributed by atoms with Crippen LogP contribution in [-0.2, 0) is 5.54 Å². The highest BCUT2D eigenvalue weighted by atomic mass is 19.3. The molecule has 0 radical (unpaired) electrons. The molecule has 1 unspecified atom stereocenters. The Morgan fingerprint density at radius 1 is 0.893 bits per heavy atom. The van der Waals surface area contributed by atoms with Crippen LogP contribution < -0.4 is 5.32 Å². The highest BCUT2D eigenvalue weighted by molar-refractivity contribution is 6.07. The molecule has 0 bridgehead atoms. The van der Waals surface area contributed by atoms with Crippen LogP contribution in [0.25, 0.3) is 0 Å². The number of alkyl halides is 2. The van der Waals surface area contributed by atoms with Gasteiger partial charge < -0.3 is 5.32 Å². The van der Waals surface area contributed by atoms with E-state index < -0.39 is 23.2 Å². The van der Waals surface area contributed by atoms with Gasteiger partial charge in [-0.25, -0.2) is 0 Å². The molecule has 3 nitrogen and oxygen atoms in total. The molecule has 28 heavy (non-hydrogen) atoms. The predicted octanol–water partition coefficient (Wildman–Crippen LogP) is 4.50. The maximum absolute atomic E-state index is 15.9. The molecule has 0 aromatic heterocycles. The molecule has 3 aromatic carbocycles. The summed E-state index contributed by atoms with van der Waals surface area (Å²) < 4.78 is 31.9. The summed E-state index contributed by atoms with van der Waals surface area (Å²) in [5.41, 5.74) is -1.11. The van der Waals surface area contributed by atoms with Crippen LogP contribution >= 0.6 is 0 Å². The second kappa shape index (κ2) is 6.37. The van der Waals surface area contributed by atoms with Crippen molar-refractivity contribution in [2.24, 2.45) is 0 Å². The SMILES string of the molecule is Cc1ccc(C2(C(F)(F)C(=O)c3ccccc3)NC(=O)c3ccccc32)cc1. The van der Waals surface area contributed by atoms with Crippen LogP contribution in [0.4, 0.5) is 8.78 Å². The van der Waals surface area contributed by atoms with E-state index in [1.54, 1.807) is 30.3 Å². The molecule has 4 rings (SSSR count). The lowest BCUT2D eigenvalue weighted by molar-refractivity contribution is -0.0411. The Morgan fingerprint density at radius 2 is 1.50 bits per heavy atom. The summed E-state index contributed by atoms with van der Waals surface area (Å²) in [5.74, 6) is -5.88. The summed E-state index contributed by atoms with van der Waals surface area (Å²) in [5, 5.41) is 2.45. The predicted molar refractivity (Wildman–Crippen MR) is 102 cm³/mol. The number of rotatable bonds is 4. The third-order valence-electron chi connectivity index (χ3n) is 5.15. The normalized spacial score (nSPS) is 18.5. The van der Waals surface area contributed by atoms with Crippen molar-refractivity contribution >= 4 is 11.7 Å². The average Bonchev–Trinajstić information content (AvgIpc) is 3.03. The van der Waals surface area contributed by atoms with E-state index in [9.17, 15) is 9.59 Å². The highest BCUT2D eigenvalue weighted by Gasteiger charge is 2.65. The van der Waals surface area contributed by atoms with Gasteiger partial charge >= 0.3 is 5.92 Å². The molecule has 5 heteroatoms. The summed E-state index contributed by atoms with van der Waals surface area (Å²) in [6.45, 7) is 1.84. The number of hydrogen-bond acceptors (Lipinski definition) is 2. The van der Waals surface area contributed by atoms with Crippen molar-refractivity contribution in [1.29, 1.82) is 0 Å². The van der Waals surface area contributed by atoms with Crippen molar-refractivity contribution in [2.75, 3.05) is 0 Å². The molecule has 1 N–H and O–H groups in total. The smallest absolute Gasteiger partial charge is 0.333 e. The van der Waals surface area contributed by atoms with E-state index in [4.69, 9.17) is 0 Å². The van der Waals surface area contributed by atoms with Crippen molar-refractivity contribution < 1.29 is 18.4 Å². The van der Waals surface area contributed by atoms with Crippen LogP contribution in [0.2, 0.25) is 0 Å². The lowest BCUT2D eigenvalue weighted by Gasteiger charge is -2.37. The third-order valence-corrected chi connectivity index (χ3v) is 5.15. The molecule has 0 saturated carbocycles. The van der Waals surface area contributed by atoms with Crippen molar-refractivity contribution in [3.8, 4) is 0 Å². The standard InChI is InChI=1S/C23H17F2NO2/c1-15-11-13-17(14-12-15)22(19-10-6-5-9-18(19)21(28)26-22)23(24,25)20(27)16-7-3-2-4-8-16/h2-14H,1H3,(H,26,28). The highest BCUT2D eigenvalue weighted by Crippen LogP contribution is 2.49. The largest absolute Gasteiger partial charge is 0.340 e. The van der Waals surface area contributed by atoms with Crippen molar-refractivity contribution in [3.63, 3.8) is 0 Å². The number of carbonyl (C=O) groups excluding carboxylic acids is 2. The Morgan fingerprint density at radius 3 is 2.18 bits per heavy atom. The van der Waals surface area contributed by atoms with E-state index in [2.05, 4.69) is 5.32 Å². The number of ketones is 1. The number of fused-ring (bicyclic) bond motifs is 1. The molecule has 3 aromatic rings. The van der Waals surface area contributed by atoms with Gasteiger partial charge in [-0.1, -0.05) is 78.4 Å². The lowest BCUT2D eigenvalue weighted by Crippen LogP contribution is -2.58. The number of Topliss-reactive ketones (excluding diaryl/α,β-unsaturated/α-hetero) is 1. The second-order valence-corrected chi connectivity index (χ2v) is 6.89. The lowest BCUT2D eigenvalue weighted by atomic mass is 9.75. The number of carbonyl (C=O) groups is 2.